The maximum atomic E-state index is 5.52. The Morgan fingerprint density at radius 3 is 3.00 bits per heavy atom. The van der Waals surface area contributed by atoms with Crippen LogP contribution < -0.4 is 10.6 Å². The summed E-state index contributed by atoms with van der Waals surface area (Å²) in [5.74, 6) is 1.61. The predicted octanol–water partition coefficient (Wildman–Crippen LogP) is 1.40. The highest BCUT2D eigenvalue weighted by atomic mass is 16.5. The minimum Gasteiger partial charge on any atom is -0.444 e. The molecule has 5 nitrogen and oxygen atoms in total. The number of morpholine rings is 1. The molecule has 0 aromatic carbocycles. The van der Waals surface area contributed by atoms with Crippen LogP contribution in [0.5, 0.6) is 0 Å². The van der Waals surface area contributed by atoms with Crippen molar-refractivity contribution in [1.82, 2.24) is 15.6 Å². The summed E-state index contributed by atoms with van der Waals surface area (Å²) in [6, 6.07) is 0.976. The third kappa shape index (κ3) is 3.80. The molecule has 0 bridgehead atoms. The normalized spacial score (nSPS) is 23.8. The summed E-state index contributed by atoms with van der Waals surface area (Å²) < 4.78 is 11.0. The van der Waals surface area contributed by atoms with Gasteiger partial charge in [-0.3, -0.25) is 0 Å². The van der Waals surface area contributed by atoms with Gasteiger partial charge in [-0.2, -0.15) is 0 Å². The molecule has 102 valence electrons. The summed E-state index contributed by atoms with van der Waals surface area (Å²) in [6.45, 7) is 8.75. The van der Waals surface area contributed by atoms with Gasteiger partial charge in [0.15, 0.2) is 0 Å². The number of hydrogen-bond donors (Lipinski definition) is 2. The lowest BCUT2D eigenvalue weighted by molar-refractivity contribution is 0.0707. The van der Waals surface area contributed by atoms with Gasteiger partial charge in [-0.15, -0.1) is 0 Å². The Morgan fingerprint density at radius 1 is 1.56 bits per heavy atom. The van der Waals surface area contributed by atoms with Crippen LogP contribution >= 0.6 is 0 Å². The summed E-state index contributed by atoms with van der Waals surface area (Å²) in [7, 11) is 0. The molecule has 0 spiro atoms. The van der Waals surface area contributed by atoms with Gasteiger partial charge in [0.2, 0.25) is 5.89 Å². The Hall–Kier alpha value is -0.910. The Labute approximate surface area is 108 Å². The molecule has 3 atom stereocenters. The van der Waals surface area contributed by atoms with Crippen LogP contribution in [0, 0.1) is 6.92 Å². The standard InChI is InChI=1S/C13H23N3O2/c1-9(6-12-8-17-5-4-14-12)16-11(3)13-15-7-10(2)18-13/h7,9,11-12,14,16H,4-6,8H2,1-3H3. The zero-order chi connectivity index (χ0) is 13.0. The van der Waals surface area contributed by atoms with Crippen molar-refractivity contribution in [3.63, 3.8) is 0 Å². The van der Waals surface area contributed by atoms with Crippen LogP contribution in [-0.4, -0.2) is 36.8 Å². The largest absolute Gasteiger partial charge is 0.444 e. The Kier molecular flexibility index (Phi) is 4.74. The summed E-state index contributed by atoms with van der Waals surface area (Å²) in [5.41, 5.74) is 0. The number of nitrogens with one attached hydrogen (secondary N) is 2. The molecular formula is C13H23N3O2. The van der Waals surface area contributed by atoms with Crippen molar-refractivity contribution in [1.29, 1.82) is 0 Å². The third-order valence-corrected chi connectivity index (χ3v) is 3.18. The number of aryl methyl sites for hydroxylation is 1. The molecule has 1 aromatic rings. The van der Waals surface area contributed by atoms with Crippen molar-refractivity contribution in [3.05, 3.63) is 17.8 Å². The topological polar surface area (TPSA) is 59.3 Å². The average Bonchev–Trinajstić information content (AvgIpc) is 2.77. The van der Waals surface area contributed by atoms with E-state index >= 15 is 0 Å². The molecule has 5 heteroatoms. The quantitative estimate of drug-likeness (QED) is 0.830. The molecule has 1 saturated heterocycles. The second-order valence-corrected chi connectivity index (χ2v) is 5.06. The first-order chi connectivity index (χ1) is 8.65. The van der Waals surface area contributed by atoms with E-state index in [0.717, 1.165) is 37.8 Å². The van der Waals surface area contributed by atoms with Crippen LogP contribution in [0.2, 0.25) is 0 Å². The zero-order valence-corrected chi connectivity index (χ0v) is 11.4. The molecule has 0 radical (unpaired) electrons. The lowest BCUT2D eigenvalue weighted by atomic mass is 10.1. The first kappa shape index (κ1) is 13.5. The smallest absolute Gasteiger partial charge is 0.211 e. The highest BCUT2D eigenvalue weighted by Crippen LogP contribution is 2.14. The SMILES string of the molecule is Cc1cnc(C(C)NC(C)CC2COCCN2)o1. The van der Waals surface area contributed by atoms with Gasteiger partial charge < -0.3 is 19.8 Å². The molecule has 0 amide bonds. The first-order valence-corrected chi connectivity index (χ1v) is 6.64. The lowest BCUT2D eigenvalue weighted by Crippen LogP contribution is -2.45. The Bertz CT molecular complexity index is 361. The summed E-state index contributed by atoms with van der Waals surface area (Å²) >= 11 is 0. The summed E-state index contributed by atoms with van der Waals surface area (Å²) in [6.07, 6.45) is 2.80. The van der Waals surface area contributed by atoms with Crippen LogP contribution in [0.3, 0.4) is 0 Å². The summed E-state index contributed by atoms with van der Waals surface area (Å²) in [5, 5.41) is 6.97. The molecule has 1 aromatic heterocycles. The maximum absolute atomic E-state index is 5.52. The van der Waals surface area contributed by atoms with Crippen molar-refractivity contribution in [3.8, 4) is 0 Å². The predicted molar refractivity (Wildman–Crippen MR) is 69.5 cm³/mol. The van der Waals surface area contributed by atoms with Crippen molar-refractivity contribution in [2.24, 2.45) is 0 Å². The highest BCUT2D eigenvalue weighted by molar-refractivity contribution is 4.95. The van der Waals surface area contributed by atoms with Gasteiger partial charge in [-0.1, -0.05) is 0 Å². The number of nitrogens with zero attached hydrogens (tertiary/aromatic N) is 1. The zero-order valence-electron chi connectivity index (χ0n) is 11.4. The van der Waals surface area contributed by atoms with Crippen LogP contribution in [0.1, 0.15) is 38.0 Å². The van der Waals surface area contributed by atoms with Gasteiger partial charge in [0.25, 0.3) is 0 Å². The van der Waals surface area contributed by atoms with E-state index in [1.165, 1.54) is 0 Å². The first-order valence-electron chi connectivity index (χ1n) is 6.64. The number of ether oxygens (including phenoxy) is 1. The van der Waals surface area contributed by atoms with Crippen LogP contribution in [0.4, 0.5) is 0 Å². The van der Waals surface area contributed by atoms with E-state index in [-0.39, 0.29) is 6.04 Å². The van der Waals surface area contributed by atoms with E-state index in [0.29, 0.717) is 12.1 Å². The molecule has 0 aliphatic carbocycles. The fourth-order valence-electron chi connectivity index (χ4n) is 2.34. The van der Waals surface area contributed by atoms with Crippen molar-refractivity contribution in [2.45, 2.75) is 45.3 Å². The molecule has 0 saturated carbocycles. The van der Waals surface area contributed by atoms with Crippen LogP contribution in [0.25, 0.3) is 0 Å². The van der Waals surface area contributed by atoms with Crippen molar-refractivity contribution < 1.29 is 9.15 Å². The second-order valence-electron chi connectivity index (χ2n) is 5.06. The van der Waals surface area contributed by atoms with E-state index in [1.54, 1.807) is 6.20 Å². The molecule has 3 unspecified atom stereocenters. The van der Waals surface area contributed by atoms with Crippen molar-refractivity contribution >= 4 is 0 Å². The van der Waals surface area contributed by atoms with E-state index in [9.17, 15) is 0 Å². The molecule has 18 heavy (non-hydrogen) atoms. The lowest BCUT2D eigenvalue weighted by Gasteiger charge is -2.27. The van der Waals surface area contributed by atoms with E-state index < -0.39 is 0 Å². The van der Waals surface area contributed by atoms with Crippen LogP contribution in [-0.2, 0) is 4.74 Å². The fraction of sp³-hybridized carbons (Fsp3) is 0.769. The third-order valence-electron chi connectivity index (χ3n) is 3.18. The van der Waals surface area contributed by atoms with Crippen LogP contribution in [0.15, 0.2) is 10.6 Å². The molecule has 2 N–H and O–H groups in total. The maximum Gasteiger partial charge on any atom is 0.211 e. The molecule has 1 aliphatic heterocycles. The van der Waals surface area contributed by atoms with Crippen molar-refractivity contribution in [2.75, 3.05) is 19.8 Å². The number of aromatic nitrogens is 1. The highest BCUT2D eigenvalue weighted by Gasteiger charge is 2.19. The van der Waals surface area contributed by atoms with E-state index in [1.807, 2.05) is 6.92 Å². The minimum absolute atomic E-state index is 0.137. The van der Waals surface area contributed by atoms with E-state index in [4.69, 9.17) is 9.15 Å². The van der Waals surface area contributed by atoms with Gasteiger partial charge in [0, 0.05) is 18.6 Å². The number of hydrogen-bond acceptors (Lipinski definition) is 5. The molecule has 1 aliphatic rings. The fourth-order valence-corrected chi connectivity index (χ4v) is 2.34. The minimum atomic E-state index is 0.137. The average molecular weight is 253 g/mol. The molecule has 2 rings (SSSR count). The van der Waals surface area contributed by atoms with Gasteiger partial charge in [-0.05, 0) is 27.2 Å². The molecule has 2 heterocycles. The molecule has 1 fully saturated rings. The van der Waals surface area contributed by atoms with Gasteiger partial charge in [-0.25, -0.2) is 4.98 Å². The van der Waals surface area contributed by atoms with Gasteiger partial charge in [0.1, 0.15) is 5.76 Å². The Balaban J connectivity index is 1.77. The Morgan fingerprint density at radius 2 is 2.39 bits per heavy atom. The monoisotopic (exact) mass is 253 g/mol. The second kappa shape index (κ2) is 6.31. The number of rotatable bonds is 5. The van der Waals surface area contributed by atoms with Gasteiger partial charge >= 0.3 is 0 Å². The summed E-state index contributed by atoms with van der Waals surface area (Å²) in [4.78, 5) is 4.25. The number of oxazole rings is 1. The van der Waals surface area contributed by atoms with E-state index in [2.05, 4.69) is 29.5 Å². The molecular weight excluding hydrogens is 230 g/mol. The van der Waals surface area contributed by atoms with Gasteiger partial charge in [0.05, 0.1) is 25.5 Å².